The molecule has 1 saturated heterocycles. The molecule has 0 bridgehead atoms. The van der Waals surface area contributed by atoms with Crippen LogP contribution < -0.4 is 14.4 Å². The summed E-state index contributed by atoms with van der Waals surface area (Å²) in [6, 6.07) is 21.3. The number of amides is 1. The molecule has 0 atom stereocenters. The van der Waals surface area contributed by atoms with Gasteiger partial charge in [0.2, 0.25) is 0 Å². The maximum Gasteiger partial charge on any atom is 0.261 e. The Hall–Kier alpha value is -3.52. The lowest BCUT2D eigenvalue weighted by Gasteiger charge is -2.24. The Balaban J connectivity index is 1.46. The molecule has 0 radical (unpaired) electrons. The van der Waals surface area contributed by atoms with Crippen molar-refractivity contribution >= 4 is 27.3 Å². The van der Waals surface area contributed by atoms with Gasteiger partial charge < -0.3 is 14.5 Å². The molecule has 0 spiro atoms. The number of methoxy groups -OCH3 is 1. The summed E-state index contributed by atoms with van der Waals surface area (Å²) in [5.41, 5.74) is 2.90. The Morgan fingerprint density at radius 1 is 0.912 bits per heavy atom. The maximum absolute atomic E-state index is 13.2. The van der Waals surface area contributed by atoms with E-state index in [1.165, 1.54) is 12.1 Å². The molecule has 1 aliphatic rings. The number of sulfonamides is 1. The molecule has 3 aromatic rings. The highest BCUT2D eigenvalue weighted by Gasteiger charge is 2.22. The van der Waals surface area contributed by atoms with Gasteiger partial charge in [-0.05, 0) is 73.5 Å². The predicted octanol–water partition coefficient (Wildman–Crippen LogP) is 4.16. The van der Waals surface area contributed by atoms with Crippen LogP contribution in [-0.2, 0) is 10.0 Å². The number of nitrogens with one attached hydrogen (secondary N) is 1. The van der Waals surface area contributed by atoms with Crippen LogP contribution >= 0.6 is 0 Å². The first-order valence-electron chi connectivity index (χ1n) is 11.2. The molecule has 0 aliphatic carbocycles. The third kappa shape index (κ3) is 5.51. The van der Waals surface area contributed by atoms with Crippen LogP contribution in [0.2, 0.25) is 0 Å². The topological polar surface area (TPSA) is 79.0 Å². The summed E-state index contributed by atoms with van der Waals surface area (Å²) in [5, 5.41) is 0. The van der Waals surface area contributed by atoms with E-state index in [2.05, 4.69) is 9.62 Å². The van der Waals surface area contributed by atoms with Gasteiger partial charge in [0.05, 0.1) is 12.0 Å². The minimum Gasteiger partial charge on any atom is -0.497 e. The highest BCUT2D eigenvalue weighted by atomic mass is 32.2. The quantitative estimate of drug-likeness (QED) is 0.575. The van der Waals surface area contributed by atoms with Gasteiger partial charge in [0.1, 0.15) is 5.75 Å². The molecule has 34 heavy (non-hydrogen) atoms. The van der Waals surface area contributed by atoms with Crippen LogP contribution in [0, 0.1) is 6.92 Å². The third-order valence-electron chi connectivity index (χ3n) is 5.88. The Labute approximate surface area is 201 Å². The molecular weight excluding hydrogens is 450 g/mol. The number of benzene rings is 3. The summed E-state index contributed by atoms with van der Waals surface area (Å²) < 4.78 is 33.7. The van der Waals surface area contributed by atoms with Gasteiger partial charge in [0, 0.05) is 43.1 Å². The van der Waals surface area contributed by atoms with Crippen molar-refractivity contribution in [1.29, 1.82) is 0 Å². The second-order valence-electron chi connectivity index (χ2n) is 8.33. The Kier molecular flexibility index (Phi) is 7.07. The first-order chi connectivity index (χ1) is 16.4. The smallest absolute Gasteiger partial charge is 0.261 e. The van der Waals surface area contributed by atoms with Crippen LogP contribution in [-0.4, -0.2) is 52.5 Å². The molecule has 8 heteroatoms. The first kappa shape index (κ1) is 23.6. The summed E-state index contributed by atoms with van der Waals surface area (Å²) >= 11 is 0. The summed E-state index contributed by atoms with van der Waals surface area (Å²) in [6.07, 6.45) is 0.824. The number of hydrogen-bond acceptors (Lipinski definition) is 5. The van der Waals surface area contributed by atoms with E-state index in [4.69, 9.17) is 4.74 Å². The Morgan fingerprint density at radius 3 is 2.41 bits per heavy atom. The normalized spacial score (nSPS) is 14.4. The second kappa shape index (κ2) is 10.2. The average molecular weight is 480 g/mol. The SMILES string of the molecule is COc1ccc(N2CCCN(C(=O)c3cccc(S(=O)(=O)Nc4cccc(C)c4)c3)CC2)cc1. The van der Waals surface area contributed by atoms with Crippen molar-refractivity contribution in [3.05, 3.63) is 83.9 Å². The molecule has 178 valence electrons. The van der Waals surface area contributed by atoms with Gasteiger partial charge in [-0.25, -0.2) is 8.42 Å². The lowest BCUT2D eigenvalue weighted by Crippen LogP contribution is -2.35. The Morgan fingerprint density at radius 2 is 1.68 bits per heavy atom. The standard InChI is InChI=1S/C26H29N3O4S/c1-20-6-3-8-22(18-20)27-34(31,32)25-9-4-7-21(19-25)26(30)29-15-5-14-28(16-17-29)23-10-12-24(33-2)13-11-23/h3-4,6-13,18-19,27H,5,14-17H2,1-2H3. The average Bonchev–Trinajstić information content (AvgIpc) is 3.10. The van der Waals surface area contributed by atoms with Crippen molar-refractivity contribution in [3.63, 3.8) is 0 Å². The van der Waals surface area contributed by atoms with E-state index < -0.39 is 10.0 Å². The zero-order chi connectivity index (χ0) is 24.1. The number of ether oxygens (including phenoxy) is 1. The fourth-order valence-corrected chi connectivity index (χ4v) is 5.17. The van der Waals surface area contributed by atoms with Crippen LogP contribution in [0.25, 0.3) is 0 Å². The van der Waals surface area contributed by atoms with Crippen LogP contribution in [0.4, 0.5) is 11.4 Å². The molecule has 0 unspecified atom stereocenters. The molecule has 1 aliphatic heterocycles. The van der Waals surface area contributed by atoms with Crippen molar-refractivity contribution in [1.82, 2.24) is 4.90 Å². The number of aryl methyl sites for hydroxylation is 1. The highest BCUT2D eigenvalue weighted by Crippen LogP contribution is 2.22. The molecule has 7 nitrogen and oxygen atoms in total. The number of anilines is 2. The molecule has 1 N–H and O–H groups in total. The van der Waals surface area contributed by atoms with Crippen molar-refractivity contribution in [2.45, 2.75) is 18.2 Å². The Bertz CT molecular complexity index is 1260. The van der Waals surface area contributed by atoms with E-state index in [0.29, 0.717) is 30.9 Å². The van der Waals surface area contributed by atoms with E-state index in [9.17, 15) is 13.2 Å². The molecular formula is C26H29N3O4S. The first-order valence-corrected chi connectivity index (χ1v) is 12.7. The second-order valence-corrected chi connectivity index (χ2v) is 10.0. The molecule has 3 aromatic carbocycles. The van der Waals surface area contributed by atoms with Gasteiger partial charge in [-0.1, -0.05) is 18.2 Å². The van der Waals surface area contributed by atoms with E-state index in [0.717, 1.165) is 30.0 Å². The minimum atomic E-state index is -3.81. The molecule has 0 saturated carbocycles. The van der Waals surface area contributed by atoms with Crippen LogP contribution in [0.3, 0.4) is 0 Å². The van der Waals surface area contributed by atoms with Crippen molar-refractivity contribution < 1.29 is 17.9 Å². The lowest BCUT2D eigenvalue weighted by atomic mass is 10.2. The largest absolute Gasteiger partial charge is 0.497 e. The number of nitrogens with zero attached hydrogens (tertiary/aromatic N) is 2. The third-order valence-corrected chi connectivity index (χ3v) is 7.26. The predicted molar refractivity (Wildman–Crippen MR) is 134 cm³/mol. The number of carbonyl (C=O) groups is 1. The number of hydrogen-bond donors (Lipinski definition) is 1. The highest BCUT2D eigenvalue weighted by molar-refractivity contribution is 7.92. The van der Waals surface area contributed by atoms with Crippen LogP contribution in [0.1, 0.15) is 22.3 Å². The van der Waals surface area contributed by atoms with E-state index in [1.54, 1.807) is 42.3 Å². The zero-order valence-corrected chi connectivity index (χ0v) is 20.2. The zero-order valence-electron chi connectivity index (χ0n) is 19.4. The van der Waals surface area contributed by atoms with Crippen LogP contribution in [0.15, 0.2) is 77.7 Å². The van der Waals surface area contributed by atoms with Gasteiger partial charge in [-0.15, -0.1) is 0 Å². The number of carbonyl (C=O) groups excluding carboxylic acids is 1. The van der Waals surface area contributed by atoms with Gasteiger partial charge in [-0.2, -0.15) is 0 Å². The molecule has 1 heterocycles. The summed E-state index contributed by atoms with van der Waals surface area (Å²) in [6.45, 7) is 4.61. The monoisotopic (exact) mass is 479 g/mol. The van der Waals surface area contributed by atoms with E-state index >= 15 is 0 Å². The molecule has 0 aromatic heterocycles. The molecule has 1 amide bonds. The summed E-state index contributed by atoms with van der Waals surface area (Å²) in [7, 11) is -2.17. The minimum absolute atomic E-state index is 0.0644. The molecule has 4 rings (SSSR count). The van der Waals surface area contributed by atoms with Gasteiger partial charge in [0.25, 0.3) is 15.9 Å². The number of rotatable bonds is 6. The van der Waals surface area contributed by atoms with Crippen LogP contribution in [0.5, 0.6) is 5.75 Å². The fourth-order valence-electron chi connectivity index (χ4n) is 4.07. The van der Waals surface area contributed by atoms with Crippen molar-refractivity contribution in [3.8, 4) is 5.75 Å². The van der Waals surface area contributed by atoms with Gasteiger partial charge >= 0.3 is 0 Å². The van der Waals surface area contributed by atoms with Crippen molar-refractivity contribution in [2.75, 3.05) is 42.9 Å². The van der Waals surface area contributed by atoms with E-state index in [-0.39, 0.29) is 10.8 Å². The molecule has 1 fully saturated rings. The lowest BCUT2D eigenvalue weighted by molar-refractivity contribution is 0.0767. The van der Waals surface area contributed by atoms with Gasteiger partial charge in [-0.3, -0.25) is 9.52 Å². The van der Waals surface area contributed by atoms with Crippen molar-refractivity contribution in [2.24, 2.45) is 0 Å². The maximum atomic E-state index is 13.2. The summed E-state index contributed by atoms with van der Waals surface area (Å²) in [5.74, 6) is 0.645. The summed E-state index contributed by atoms with van der Waals surface area (Å²) in [4.78, 5) is 17.3. The van der Waals surface area contributed by atoms with E-state index in [1.807, 2.05) is 37.3 Å². The van der Waals surface area contributed by atoms with Gasteiger partial charge in [0.15, 0.2) is 0 Å². The fraction of sp³-hybridized carbons (Fsp3) is 0.269.